The van der Waals surface area contributed by atoms with E-state index < -0.39 is 0 Å². The van der Waals surface area contributed by atoms with Crippen LogP contribution in [-0.2, 0) is 6.54 Å². The molecule has 1 saturated heterocycles. The molecule has 5 heteroatoms. The van der Waals surface area contributed by atoms with Crippen molar-refractivity contribution >= 4 is 16.5 Å². The Balaban J connectivity index is 2.00. The van der Waals surface area contributed by atoms with Crippen LogP contribution in [0, 0.1) is 12.8 Å². The van der Waals surface area contributed by atoms with Crippen LogP contribution in [-0.4, -0.2) is 49.7 Å². The molecular formula is C16H30N4S. The van der Waals surface area contributed by atoms with Crippen molar-refractivity contribution in [2.75, 3.05) is 38.6 Å². The largest absolute Gasteiger partial charge is 0.344 e. The van der Waals surface area contributed by atoms with E-state index in [1.54, 1.807) is 0 Å². The summed E-state index contributed by atoms with van der Waals surface area (Å²) in [6.45, 7) is 10.9. The zero-order chi connectivity index (χ0) is 15.4. The molecule has 0 saturated carbocycles. The smallest absolute Gasteiger partial charge is 0.186 e. The fourth-order valence-corrected chi connectivity index (χ4v) is 4.00. The Morgan fingerprint density at radius 2 is 2.19 bits per heavy atom. The fourth-order valence-electron chi connectivity index (χ4n) is 2.87. The van der Waals surface area contributed by atoms with E-state index in [0.29, 0.717) is 12.0 Å². The van der Waals surface area contributed by atoms with Gasteiger partial charge in [-0.25, -0.2) is 4.98 Å². The third-order valence-corrected chi connectivity index (χ3v) is 5.11. The topological polar surface area (TPSA) is 31.4 Å². The lowest BCUT2D eigenvalue weighted by molar-refractivity contribution is 0.372. The van der Waals surface area contributed by atoms with Crippen LogP contribution in [0.25, 0.3) is 0 Å². The highest BCUT2D eigenvalue weighted by Gasteiger charge is 2.27. The van der Waals surface area contributed by atoms with Crippen LogP contribution in [0.3, 0.4) is 0 Å². The van der Waals surface area contributed by atoms with Crippen LogP contribution in [0.4, 0.5) is 5.13 Å². The molecule has 1 aliphatic rings. The summed E-state index contributed by atoms with van der Waals surface area (Å²) in [5.74, 6) is 0.695. The van der Waals surface area contributed by atoms with E-state index in [1.165, 1.54) is 28.5 Å². The summed E-state index contributed by atoms with van der Waals surface area (Å²) in [7, 11) is 4.32. The van der Waals surface area contributed by atoms with Crippen molar-refractivity contribution in [3.8, 4) is 0 Å². The summed E-state index contributed by atoms with van der Waals surface area (Å²) in [6, 6.07) is 0.627. The van der Waals surface area contributed by atoms with E-state index in [1.807, 2.05) is 11.3 Å². The molecule has 21 heavy (non-hydrogen) atoms. The predicted octanol–water partition coefficient (Wildman–Crippen LogP) is 2.73. The maximum atomic E-state index is 4.83. The van der Waals surface area contributed by atoms with Crippen LogP contribution >= 0.6 is 11.3 Å². The molecule has 1 unspecified atom stereocenters. The number of nitrogens with one attached hydrogen (secondary N) is 1. The lowest BCUT2D eigenvalue weighted by atomic mass is 10.2. The van der Waals surface area contributed by atoms with E-state index in [4.69, 9.17) is 4.98 Å². The highest BCUT2D eigenvalue weighted by atomic mass is 32.1. The first kappa shape index (κ1) is 16.7. The number of rotatable bonds is 7. The minimum atomic E-state index is 0.627. The van der Waals surface area contributed by atoms with Gasteiger partial charge in [0.15, 0.2) is 5.13 Å². The quantitative estimate of drug-likeness (QED) is 0.839. The van der Waals surface area contributed by atoms with E-state index in [-0.39, 0.29) is 0 Å². The number of hydrogen-bond donors (Lipinski definition) is 1. The standard InChI is InChI=1S/C16H30N4S/c1-12(2)9-17-10-15-13(3)18-16(21-15)20-8-6-7-14(20)11-19(4)5/h12,14,17H,6-11H2,1-5H3. The molecule has 1 fully saturated rings. The van der Waals surface area contributed by atoms with Crippen molar-refractivity contribution in [3.63, 3.8) is 0 Å². The van der Waals surface area contributed by atoms with Crippen molar-refractivity contribution in [2.45, 2.75) is 46.2 Å². The maximum absolute atomic E-state index is 4.83. The Morgan fingerprint density at radius 1 is 1.43 bits per heavy atom. The van der Waals surface area contributed by atoms with Gasteiger partial charge in [0.2, 0.25) is 0 Å². The molecule has 4 nitrogen and oxygen atoms in total. The minimum absolute atomic E-state index is 0.627. The lowest BCUT2D eigenvalue weighted by Gasteiger charge is -2.26. The number of aromatic nitrogens is 1. The average molecular weight is 311 g/mol. The third kappa shape index (κ3) is 4.66. The molecule has 1 aliphatic heterocycles. The van der Waals surface area contributed by atoms with Crippen LogP contribution in [0.1, 0.15) is 37.3 Å². The van der Waals surface area contributed by atoms with Crippen LogP contribution in [0.2, 0.25) is 0 Å². The molecule has 0 amide bonds. The molecule has 2 heterocycles. The second-order valence-corrected chi connectivity index (χ2v) is 7.84. The molecular weight excluding hydrogens is 280 g/mol. The minimum Gasteiger partial charge on any atom is -0.344 e. The SMILES string of the molecule is Cc1nc(N2CCCC2CN(C)C)sc1CNCC(C)C. The van der Waals surface area contributed by atoms with Crippen LogP contribution in [0.5, 0.6) is 0 Å². The average Bonchev–Trinajstić information content (AvgIpc) is 2.96. The third-order valence-electron chi connectivity index (χ3n) is 3.92. The summed E-state index contributed by atoms with van der Waals surface area (Å²) < 4.78 is 0. The van der Waals surface area contributed by atoms with Gasteiger partial charge in [-0.1, -0.05) is 13.8 Å². The monoisotopic (exact) mass is 310 g/mol. The maximum Gasteiger partial charge on any atom is 0.186 e. The number of nitrogens with zero attached hydrogens (tertiary/aromatic N) is 3. The summed E-state index contributed by atoms with van der Waals surface area (Å²) >= 11 is 1.87. The molecule has 0 aromatic carbocycles. The van der Waals surface area contributed by atoms with E-state index >= 15 is 0 Å². The lowest BCUT2D eigenvalue weighted by Crippen LogP contribution is -2.37. The molecule has 0 bridgehead atoms. The van der Waals surface area contributed by atoms with Gasteiger partial charge in [-0.15, -0.1) is 11.3 Å². The van der Waals surface area contributed by atoms with Crippen LogP contribution < -0.4 is 10.2 Å². The zero-order valence-electron chi connectivity index (χ0n) is 14.1. The number of thiazole rings is 1. The zero-order valence-corrected chi connectivity index (χ0v) is 15.0. The van der Waals surface area contributed by atoms with Gasteiger partial charge in [-0.2, -0.15) is 0 Å². The van der Waals surface area contributed by atoms with Gasteiger partial charge >= 0.3 is 0 Å². The summed E-state index contributed by atoms with van der Waals surface area (Å²) in [5.41, 5.74) is 1.20. The predicted molar refractivity (Wildman–Crippen MR) is 92.3 cm³/mol. The summed E-state index contributed by atoms with van der Waals surface area (Å²) in [4.78, 5) is 11.0. The van der Waals surface area contributed by atoms with E-state index in [0.717, 1.165) is 26.2 Å². The Bertz CT molecular complexity index is 441. The second kappa shape index (κ2) is 7.56. The summed E-state index contributed by atoms with van der Waals surface area (Å²) in [5, 5.41) is 4.75. The molecule has 0 spiro atoms. The normalized spacial score (nSPS) is 19.2. The van der Waals surface area contributed by atoms with Gasteiger partial charge in [-0.05, 0) is 46.3 Å². The van der Waals surface area contributed by atoms with Crippen molar-refractivity contribution < 1.29 is 0 Å². The van der Waals surface area contributed by atoms with Gasteiger partial charge in [-0.3, -0.25) is 0 Å². The highest BCUT2D eigenvalue weighted by molar-refractivity contribution is 7.15. The van der Waals surface area contributed by atoms with Crippen LogP contribution in [0.15, 0.2) is 0 Å². The van der Waals surface area contributed by atoms with Crippen molar-refractivity contribution in [1.29, 1.82) is 0 Å². The Kier molecular flexibility index (Phi) is 6.02. The van der Waals surface area contributed by atoms with Crippen molar-refractivity contribution in [1.82, 2.24) is 15.2 Å². The second-order valence-electron chi connectivity index (χ2n) is 6.78. The highest BCUT2D eigenvalue weighted by Crippen LogP contribution is 2.31. The molecule has 2 rings (SSSR count). The number of likely N-dealkylation sites (N-methyl/N-ethyl adjacent to an activating group) is 1. The number of hydrogen-bond acceptors (Lipinski definition) is 5. The van der Waals surface area contributed by atoms with E-state index in [9.17, 15) is 0 Å². The van der Waals surface area contributed by atoms with Crippen molar-refractivity contribution in [3.05, 3.63) is 10.6 Å². The molecule has 120 valence electrons. The molecule has 1 atom stereocenters. The molecule has 0 aliphatic carbocycles. The van der Waals surface area contributed by atoms with Gasteiger partial charge in [0, 0.05) is 30.6 Å². The first-order valence-corrected chi connectivity index (χ1v) is 8.87. The number of aryl methyl sites for hydroxylation is 1. The summed E-state index contributed by atoms with van der Waals surface area (Å²) in [6.07, 6.45) is 2.58. The Hall–Kier alpha value is -0.650. The molecule has 0 radical (unpaired) electrons. The van der Waals surface area contributed by atoms with Gasteiger partial charge in [0.25, 0.3) is 0 Å². The van der Waals surface area contributed by atoms with Gasteiger partial charge in [0.1, 0.15) is 0 Å². The van der Waals surface area contributed by atoms with E-state index in [2.05, 4.69) is 50.0 Å². The Morgan fingerprint density at radius 3 is 2.86 bits per heavy atom. The first-order chi connectivity index (χ1) is 9.97. The number of anilines is 1. The molecule has 1 aromatic heterocycles. The first-order valence-electron chi connectivity index (χ1n) is 8.05. The van der Waals surface area contributed by atoms with Crippen molar-refractivity contribution in [2.24, 2.45) is 5.92 Å². The van der Waals surface area contributed by atoms with Gasteiger partial charge in [0.05, 0.1) is 5.69 Å². The Labute approximate surface area is 133 Å². The van der Waals surface area contributed by atoms with Gasteiger partial charge < -0.3 is 15.1 Å². The molecule has 1 aromatic rings. The molecule has 1 N–H and O–H groups in total. The fraction of sp³-hybridized carbons (Fsp3) is 0.812.